The lowest BCUT2D eigenvalue weighted by atomic mass is 10.3. The van der Waals surface area contributed by atoms with Gasteiger partial charge < -0.3 is 14.7 Å². The fourth-order valence-corrected chi connectivity index (χ4v) is 1.26. The number of anilines is 1. The van der Waals surface area contributed by atoms with Crippen LogP contribution >= 0.6 is 0 Å². The number of hydrogen-bond acceptors (Lipinski definition) is 4. The molecule has 0 radical (unpaired) electrons. The van der Waals surface area contributed by atoms with Crippen molar-refractivity contribution in [2.45, 2.75) is 0 Å². The Labute approximate surface area is 93.2 Å². The zero-order valence-electron chi connectivity index (χ0n) is 8.92. The quantitative estimate of drug-likeness (QED) is 0.746. The van der Waals surface area contributed by atoms with E-state index in [4.69, 9.17) is 5.11 Å². The number of para-hydroxylation sites is 1. The van der Waals surface area contributed by atoms with E-state index in [0.29, 0.717) is 5.69 Å². The van der Waals surface area contributed by atoms with Crippen LogP contribution in [0.2, 0.25) is 0 Å². The van der Waals surface area contributed by atoms with Gasteiger partial charge in [-0.3, -0.25) is 9.59 Å². The van der Waals surface area contributed by atoms with Crippen molar-refractivity contribution in [1.29, 1.82) is 0 Å². The first kappa shape index (κ1) is 12.0. The van der Waals surface area contributed by atoms with Crippen LogP contribution in [-0.4, -0.2) is 37.2 Å². The van der Waals surface area contributed by atoms with Crippen molar-refractivity contribution < 1.29 is 19.4 Å². The molecule has 0 unspecified atom stereocenters. The van der Waals surface area contributed by atoms with Crippen molar-refractivity contribution in [2.24, 2.45) is 0 Å². The first-order valence-corrected chi connectivity index (χ1v) is 4.72. The highest BCUT2D eigenvalue weighted by Gasteiger charge is 2.14. The van der Waals surface area contributed by atoms with Crippen molar-refractivity contribution in [1.82, 2.24) is 0 Å². The molecule has 5 heteroatoms. The second kappa shape index (κ2) is 5.75. The molecule has 0 saturated carbocycles. The summed E-state index contributed by atoms with van der Waals surface area (Å²) < 4.78 is 4.51. The monoisotopic (exact) mass is 223 g/mol. The van der Waals surface area contributed by atoms with Crippen molar-refractivity contribution in [3.05, 3.63) is 30.3 Å². The Hall–Kier alpha value is -2.04. The Balaban J connectivity index is 2.79. The molecule has 1 aromatic rings. The largest absolute Gasteiger partial charge is 0.480 e. The molecule has 86 valence electrons. The number of aliphatic carboxylic acids is 1. The molecule has 0 bridgehead atoms. The standard InChI is InChI=1S/C11H13NO4/c1-16-11(15)8-12(7-10(13)14)9-5-3-2-4-6-9/h2-6H,7-8H2,1H3,(H,13,14). The van der Waals surface area contributed by atoms with Gasteiger partial charge in [0.25, 0.3) is 0 Å². The molecule has 0 spiro atoms. The molecule has 0 saturated heterocycles. The van der Waals surface area contributed by atoms with Gasteiger partial charge in [0, 0.05) is 5.69 Å². The van der Waals surface area contributed by atoms with Gasteiger partial charge in [-0.25, -0.2) is 0 Å². The van der Waals surface area contributed by atoms with E-state index in [1.54, 1.807) is 24.3 Å². The Morgan fingerprint density at radius 3 is 2.38 bits per heavy atom. The van der Waals surface area contributed by atoms with Crippen LogP contribution in [0.15, 0.2) is 30.3 Å². The van der Waals surface area contributed by atoms with Crippen LogP contribution in [0.4, 0.5) is 5.69 Å². The molecule has 16 heavy (non-hydrogen) atoms. The van der Waals surface area contributed by atoms with E-state index in [1.165, 1.54) is 12.0 Å². The number of carboxylic acids is 1. The predicted octanol–water partition coefficient (Wildman–Crippen LogP) is 0.751. The second-order valence-electron chi connectivity index (χ2n) is 3.16. The van der Waals surface area contributed by atoms with E-state index in [-0.39, 0.29) is 13.1 Å². The number of rotatable bonds is 5. The van der Waals surface area contributed by atoms with Gasteiger partial charge in [-0.05, 0) is 12.1 Å². The van der Waals surface area contributed by atoms with Crippen molar-refractivity contribution >= 4 is 17.6 Å². The molecule has 1 N–H and O–H groups in total. The molecule has 0 atom stereocenters. The third-order valence-corrected chi connectivity index (χ3v) is 2.00. The molecule has 1 aromatic carbocycles. The normalized spacial score (nSPS) is 9.56. The first-order chi connectivity index (χ1) is 7.63. The topological polar surface area (TPSA) is 66.8 Å². The maximum absolute atomic E-state index is 11.1. The molecule has 0 aromatic heterocycles. The smallest absolute Gasteiger partial charge is 0.325 e. The van der Waals surface area contributed by atoms with E-state index >= 15 is 0 Å². The molecule has 1 rings (SSSR count). The van der Waals surface area contributed by atoms with E-state index in [1.807, 2.05) is 6.07 Å². The summed E-state index contributed by atoms with van der Waals surface area (Å²) in [6.07, 6.45) is 0. The number of ether oxygens (including phenoxy) is 1. The molecule has 0 aliphatic heterocycles. The fourth-order valence-electron chi connectivity index (χ4n) is 1.26. The van der Waals surface area contributed by atoms with E-state index in [0.717, 1.165) is 0 Å². The van der Waals surface area contributed by atoms with Crippen LogP contribution in [0.5, 0.6) is 0 Å². The van der Waals surface area contributed by atoms with Gasteiger partial charge in [-0.1, -0.05) is 18.2 Å². The van der Waals surface area contributed by atoms with Crippen LogP contribution in [0.25, 0.3) is 0 Å². The number of benzene rings is 1. The van der Waals surface area contributed by atoms with Crippen LogP contribution in [-0.2, 0) is 14.3 Å². The summed E-state index contributed by atoms with van der Waals surface area (Å²) in [7, 11) is 1.27. The summed E-state index contributed by atoms with van der Waals surface area (Å²) in [6.45, 7) is -0.314. The van der Waals surface area contributed by atoms with Crippen LogP contribution in [0, 0.1) is 0 Å². The summed E-state index contributed by atoms with van der Waals surface area (Å²) in [6, 6.07) is 8.86. The summed E-state index contributed by atoms with van der Waals surface area (Å²) in [4.78, 5) is 23.2. The first-order valence-electron chi connectivity index (χ1n) is 4.72. The highest BCUT2D eigenvalue weighted by Crippen LogP contribution is 2.12. The van der Waals surface area contributed by atoms with Gasteiger partial charge in [-0.15, -0.1) is 0 Å². The molecular weight excluding hydrogens is 210 g/mol. The van der Waals surface area contributed by atoms with Crippen molar-refractivity contribution in [2.75, 3.05) is 25.1 Å². The van der Waals surface area contributed by atoms with Crippen molar-refractivity contribution in [3.63, 3.8) is 0 Å². The molecule has 0 heterocycles. The van der Waals surface area contributed by atoms with Crippen LogP contribution in [0.3, 0.4) is 0 Å². The van der Waals surface area contributed by atoms with Gasteiger partial charge in [0.15, 0.2) is 0 Å². The van der Waals surface area contributed by atoms with E-state index in [2.05, 4.69) is 4.74 Å². The lowest BCUT2D eigenvalue weighted by molar-refractivity contribution is -0.139. The molecule has 0 aliphatic carbocycles. The third kappa shape index (κ3) is 3.61. The summed E-state index contributed by atoms with van der Waals surface area (Å²) in [5.74, 6) is -1.46. The van der Waals surface area contributed by atoms with Gasteiger partial charge in [0.1, 0.15) is 13.1 Å². The van der Waals surface area contributed by atoms with E-state index in [9.17, 15) is 9.59 Å². The number of methoxy groups -OCH3 is 1. The Kier molecular flexibility index (Phi) is 4.32. The highest BCUT2D eigenvalue weighted by atomic mass is 16.5. The molecule has 5 nitrogen and oxygen atoms in total. The fraction of sp³-hybridized carbons (Fsp3) is 0.273. The lowest BCUT2D eigenvalue weighted by Gasteiger charge is -2.21. The zero-order valence-corrected chi connectivity index (χ0v) is 8.92. The predicted molar refractivity (Wildman–Crippen MR) is 58.3 cm³/mol. The van der Waals surface area contributed by atoms with E-state index < -0.39 is 11.9 Å². The maximum Gasteiger partial charge on any atom is 0.325 e. The Bertz CT molecular complexity index is 364. The Morgan fingerprint density at radius 1 is 1.25 bits per heavy atom. The molecule has 0 amide bonds. The number of carboxylic acid groups (broad SMARTS) is 1. The van der Waals surface area contributed by atoms with Gasteiger partial charge in [0.2, 0.25) is 0 Å². The van der Waals surface area contributed by atoms with Gasteiger partial charge >= 0.3 is 11.9 Å². The number of hydrogen-bond donors (Lipinski definition) is 1. The maximum atomic E-state index is 11.1. The molecular formula is C11H13NO4. The number of carbonyl (C=O) groups excluding carboxylic acids is 1. The summed E-state index contributed by atoms with van der Waals surface area (Å²) in [5, 5.41) is 8.74. The number of nitrogens with zero attached hydrogens (tertiary/aromatic N) is 1. The van der Waals surface area contributed by atoms with Gasteiger partial charge in [-0.2, -0.15) is 0 Å². The minimum absolute atomic E-state index is 0.0766. The van der Waals surface area contributed by atoms with Gasteiger partial charge in [0.05, 0.1) is 7.11 Å². The number of carbonyl (C=O) groups is 2. The van der Waals surface area contributed by atoms with Crippen LogP contribution in [0.1, 0.15) is 0 Å². The SMILES string of the molecule is COC(=O)CN(CC(=O)O)c1ccccc1. The average molecular weight is 223 g/mol. The number of esters is 1. The molecule has 0 aliphatic rings. The zero-order chi connectivity index (χ0) is 12.0. The Morgan fingerprint density at radius 2 is 1.88 bits per heavy atom. The minimum Gasteiger partial charge on any atom is -0.480 e. The minimum atomic E-state index is -0.993. The average Bonchev–Trinajstić information content (AvgIpc) is 2.28. The van der Waals surface area contributed by atoms with Crippen molar-refractivity contribution in [3.8, 4) is 0 Å². The summed E-state index contributed by atoms with van der Waals surface area (Å²) >= 11 is 0. The molecule has 0 fully saturated rings. The lowest BCUT2D eigenvalue weighted by Crippen LogP contribution is -2.34. The highest BCUT2D eigenvalue weighted by molar-refractivity contribution is 5.80. The second-order valence-corrected chi connectivity index (χ2v) is 3.16. The summed E-state index contributed by atoms with van der Waals surface area (Å²) in [5.41, 5.74) is 0.676. The van der Waals surface area contributed by atoms with Crippen LogP contribution < -0.4 is 4.90 Å². The third-order valence-electron chi connectivity index (χ3n) is 2.00.